The van der Waals surface area contributed by atoms with Gasteiger partial charge in [0.2, 0.25) is 0 Å². The molecule has 2 aliphatic heterocycles. The van der Waals surface area contributed by atoms with Crippen LogP contribution in [0.5, 0.6) is 0 Å². The largest absolute Gasteiger partial charge is 0.397 e. The van der Waals surface area contributed by atoms with Crippen molar-refractivity contribution in [2.24, 2.45) is 18.0 Å². The molecule has 0 unspecified atom stereocenters. The van der Waals surface area contributed by atoms with E-state index in [2.05, 4.69) is 4.98 Å². The fraction of sp³-hybridized carbons (Fsp3) is 0.333. The molecule has 10 heteroatoms. The summed E-state index contributed by atoms with van der Waals surface area (Å²) in [6, 6.07) is 9.63. The van der Waals surface area contributed by atoms with Gasteiger partial charge in [0.15, 0.2) is 5.82 Å². The standard InChI is InChI=1S/C27H27ClN8O/c1-15-11-31-25-23-24(22-10-19(29)14-33(22)2)35(13-17-7-8-30-21-6-5-18(28)9-20(17)21)32-26(23)34(12-16-3-4-16)27(37)36(15)25/h5-10,14-16H,3-4,11-13,29H2,1-2H3/t15-/m1/s1. The highest BCUT2D eigenvalue weighted by molar-refractivity contribution is 6.31. The highest BCUT2D eigenvalue weighted by atomic mass is 35.5. The fourth-order valence-corrected chi connectivity index (χ4v) is 5.70. The van der Waals surface area contributed by atoms with Gasteiger partial charge in [0.05, 0.1) is 47.3 Å². The Bertz CT molecular complexity index is 1610. The number of nitrogens with zero attached hydrogens (tertiary/aromatic N) is 7. The molecule has 1 aromatic carbocycles. The van der Waals surface area contributed by atoms with E-state index in [1.807, 2.05) is 75.7 Å². The van der Waals surface area contributed by atoms with Gasteiger partial charge in [-0.15, -0.1) is 0 Å². The van der Waals surface area contributed by atoms with Crippen molar-refractivity contribution in [3.63, 3.8) is 0 Å². The molecule has 1 saturated carbocycles. The number of halogens is 1. The minimum atomic E-state index is -0.0353. The second-order valence-electron chi connectivity index (χ2n) is 10.3. The van der Waals surface area contributed by atoms with Crippen LogP contribution in [-0.2, 0) is 13.6 Å². The quantitative estimate of drug-likeness (QED) is 0.423. The molecule has 0 bridgehead atoms. The molecule has 188 valence electrons. The van der Waals surface area contributed by atoms with E-state index >= 15 is 0 Å². The van der Waals surface area contributed by atoms with Crippen LogP contribution in [0.3, 0.4) is 0 Å². The van der Waals surface area contributed by atoms with Crippen molar-refractivity contribution in [2.75, 3.05) is 23.7 Å². The van der Waals surface area contributed by atoms with Crippen LogP contribution in [0, 0.1) is 5.92 Å². The van der Waals surface area contributed by atoms with Gasteiger partial charge in [-0.3, -0.25) is 24.5 Å². The Morgan fingerprint density at radius 2 is 2.03 bits per heavy atom. The van der Waals surface area contributed by atoms with E-state index in [0.29, 0.717) is 47.9 Å². The van der Waals surface area contributed by atoms with Crippen LogP contribution in [0.2, 0.25) is 5.02 Å². The number of rotatable bonds is 5. The normalized spacial score (nSPS) is 18.9. The van der Waals surface area contributed by atoms with Crippen LogP contribution in [0.4, 0.5) is 16.3 Å². The number of nitrogen functional groups attached to an aromatic ring is 1. The number of carbonyl (C=O) groups excluding carboxylic acids is 1. The second kappa shape index (κ2) is 8.08. The lowest BCUT2D eigenvalue weighted by atomic mass is 10.1. The number of carbonyl (C=O) groups is 1. The Labute approximate surface area is 219 Å². The number of urea groups is 1. The molecule has 3 aromatic heterocycles. The Morgan fingerprint density at radius 1 is 1.19 bits per heavy atom. The fourth-order valence-electron chi connectivity index (χ4n) is 5.53. The van der Waals surface area contributed by atoms with Crippen LogP contribution in [0.15, 0.2) is 47.7 Å². The monoisotopic (exact) mass is 514 g/mol. The van der Waals surface area contributed by atoms with Crippen molar-refractivity contribution in [3.8, 4) is 11.4 Å². The molecule has 0 radical (unpaired) electrons. The number of benzene rings is 1. The lowest BCUT2D eigenvalue weighted by Crippen LogP contribution is -2.53. The van der Waals surface area contributed by atoms with Crippen molar-refractivity contribution in [2.45, 2.75) is 32.4 Å². The molecule has 5 heterocycles. The Morgan fingerprint density at radius 3 is 2.78 bits per heavy atom. The first kappa shape index (κ1) is 22.4. The van der Waals surface area contributed by atoms with Gasteiger partial charge in [0.25, 0.3) is 0 Å². The van der Waals surface area contributed by atoms with Crippen LogP contribution >= 0.6 is 11.6 Å². The summed E-state index contributed by atoms with van der Waals surface area (Å²) in [6.45, 7) is 3.76. The maximum absolute atomic E-state index is 13.7. The first-order chi connectivity index (χ1) is 17.9. The molecular weight excluding hydrogens is 488 g/mol. The average Bonchev–Trinajstić information content (AvgIpc) is 3.36. The zero-order chi connectivity index (χ0) is 25.4. The number of amidine groups is 1. The number of fused-ring (bicyclic) bond motifs is 4. The molecule has 0 spiro atoms. The van der Waals surface area contributed by atoms with Gasteiger partial charge in [-0.2, -0.15) is 5.10 Å². The third-order valence-electron chi connectivity index (χ3n) is 7.54. The summed E-state index contributed by atoms with van der Waals surface area (Å²) in [5.41, 5.74) is 11.5. The van der Waals surface area contributed by atoms with Crippen LogP contribution < -0.4 is 10.6 Å². The number of aliphatic imine (C=N–C) groups is 1. The predicted octanol–water partition coefficient (Wildman–Crippen LogP) is 4.52. The maximum Gasteiger partial charge on any atom is 0.331 e. The van der Waals surface area contributed by atoms with Gasteiger partial charge < -0.3 is 10.3 Å². The lowest BCUT2D eigenvalue weighted by Gasteiger charge is -2.35. The number of anilines is 2. The van der Waals surface area contributed by atoms with Crippen LogP contribution in [0.25, 0.3) is 22.3 Å². The molecule has 0 saturated heterocycles. The molecule has 37 heavy (non-hydrogen) atoms. The number of hydrogen-bond donors (Lipinski definition) is 1. The Kier molecular flexibility index (Phi) is 4.88. The van der Waals surface area contributed by atoms with E-state index in [1.165, 1.54) is 0 Å². The van der Waals surface area contributed by atoms with E-state index in [0.717, 1.165) is 46.3 Å². The maximum atomic E-state index is 13.7. The van der Waals surface area contributed by atoms with Crippen LogP contribution in [0.1, 0.15) is 30.9 Å². The van der Waals surface area contributed by atoms with Gasteiger partial charge in [0, 0.05) is 36.4 Å². The molecule has 9 nitrogen and oxygen atoms in total. The van der Waals surface area contributed by atoms with Crippen molar-refractivity contribution < 1.29 is 4.79 Å². The van der Waals surface area contributed by atoms with Gasteiger partial charge in [0.1, 0.15) is 5.84 Å². The molecule has 2 N–H and O–H groups in total. The zero-order valence-electron chi connectivity index (χ0n) is 20.7. The average molecular weight is 515 g/mol. The number of pyridine rings is 1. The summed E-state index contributed by atoms with van der Waals surface area (Å²) >= 11 is 6.36. The zero-order valence-corrected chi connectivity index (χ0v) is 21.5. The third-order valence-corrected chi connectivity index (χ3v) is 7.78. The van der Waals surface area contributed by atoms with Crippen molar-refractivity contribution in [1.29, 1.82) is 0 Å². The van der Waals surface area contributed by atoms with Crippen molar-refractivity contribution in [1.82, 2.24) is 24.2 Å². The second-order valence-corrected chi connectivity index (χ2v) is 10.8. The van der Waals surface area contributed by atoms with E-state index in [4.69, 9.17) is 27.4 Å². The first-order valence-electron chi connectivity index (χ1n) is 12.6. The van der Waals surface area contributed by atoms with E-state index in [1.54, 1.807) is 0 Å². The van der Waals surface area contributed by atoms with Gasteiger partial charge in [-0.05, 0) is 61.6 Å². The summed E-state index contributed by atoms with van der Waals surface area (Å²) in [5.74, 6) is 1.88. The minimum absolute atomic E-state index is 0.00156. The topological polar surface area (TPSA) is 97.6 Å². The Balaban J connectivity index is 1.47. The third kappa shape index (κ3) is 3.52. The molecule has 2 amide bonds. The lowest BCUT2D eigenvalue weighted by molar-refractivity contribution is 0.220. The van der Waals surface area contributed by atoms with E-state index in [-0.39, 0.29) is 12.1 Å². The van der Waals surface area contributed by atoms with Crippen molar-refractivity contribution in [3.05, 3.63) is 58.9 Å². The summed E-state index contributed by atoms with van der Waals surface area (Å²) in [4.78, 5) is 26.8. The summed E-state index contributed by atoms with van der Waals surface area (Å²) in [5, 5.41) is 6.73. The number of amides is 2. The number of aromatic nitrogens is 4. The van der Waals surface area contributed by atoms with Crippen molar-refractivity contribution >= 4 is 45.9 Å². The number of nitrogens with two attached hydrogens (primary N) is 1. The molecule has 3 aliphatic rings. The summed E-state index contributed by atoms with van der Waals surface area (Å²) in [6.07, 6.45) is 5.98. The molecule has 7 rings (SSSR count). The smallest absolute Gasteiger partial charge is 0.331 e. The first-order valence-corrected chi connectivity index (χ1v) is 13.0. The van der Waals surface area contributed by atoms with Gasteiger partial charge >= 0.3 is 6.03 Å². The van der Waals surface area contributed by atoms with E-state index < -0.39 is 0 Å². The minimum Gasteiger partial charge on any atom is -0.397 e. The molecule has 1 aliphatic carbocycles. The highest BCUT2D eigenvalue weighted by Crippen LogP contribution is 2.42. The number of aryl methyl sites for hydroxylation is 1. The summed E-state index contributed by atoms with van der Waals surface area (Å²) < 4.78 is 3.99. The highest BCUT2D eigenvalue weighted by Gasteiger charge is 2.46. The Hall–Kier alpha value is -3.85. The molecular formula is C27H27ClN8O. The van der Waals surface area contributed by atoms with Gasteiger partial charge in [-0.1, -0.05) is 11.6 Å². The van der Waals surface area contributed by atoms with Gasteiger partial charge in [-0.25, -0.2) is 4.79 Å². The predicted molar refractivity (Wildman–Crippen MR) is 145 cm³/mol. The molecule has 1 atom stereocenters. The molecule has 4 aromatic rings. The number of hydrogen-bond acceptors (Lipinski definition) is 5. The SMILES string of the molecule is C[C@@H]1CN=C2c3c(nn(Cc4ccnc5ccc(Cl)cc45)c3-c3cc(N)cn3C)N(CC3CC3)C(=O)N21. The van der Waals surface area contributed by atoms with E-state index in [9.17, 15) is 4.79 Å². The summed E-state index contributed by atoms with van der Waals surface area (Å²) in [7, 11) is 1.98. The molecule has 1 fully saturated rings. The van der Waals surface area contributed by atoms with Crippen LogP contribution in [-0.4, -0.2) is 55.2 Å².